The number of rotatable bonds is 3. The Labute approximate surface area is 84.4 Å². The Morgan fingerprint density at radius 2 is 2.21 bits per heavy atom. The second kappa shape index (κ2) is 4.19. The highest BCUT2D eigenvalue weighted by molar-refractivity contribution is 6.68. The highest BCUT2D eigenvalue weighted by Gasteiger charge is 2.13. The van der Waals surface area contributed by atoms with Crippen LogP contribution in [0.5, 0.6) is 5.75 Å². The van der Waals surface area contributed by atoms with Gasteiger partial charge in [-0.3, -0.25) is 9.59 Å². The van der Waals surface area contributed by atoms with Crippen molar-refractivity contribution >= 4 is 23.1 Å². The number of carbonyl (C=O) groups is 2. The van der Waals surface area contributed by atoms with Crippen LogP contribution in [0.3, 0.4) is 0 Å². The number of benzene rings is 1. The second-order valence-corrected chi connectivity index (χ2v) is 2.81. The van der Waals surface area contributed by atoms with Crippen molar-refractivity contribution in [2.24, 2.45) is 0 Å². The third-order valence-corrected chi connectivity index (χ3v) is 1.87. The van der Waals surface area contributed by atoms with Crippen molar-refractivity contribution in [3.63, 3.8) is 0 Å². The molecule has 0 bridgehead atoms. The van der Waals surface area contributed by atoms with Crippen molar-refractivity contribution in [3.05, 3.63) is 29.1 Å². The predicted octanol–water partition coefficient (Wildman–Crippen LogP) is 2.03. The zero-order chi connectivity index (χ0) is 10.7. The SMILES string of the molecule is COc1cc(C=O)c(C(=O)Cl)cc1F. The minimum absolute atomic E-state index is 0.00301. The minimum atomic E-state index is -0.881. The van der Waals surface area contributed by atoms with E-state index in [9.17, 15) is 14.0 Å². The molecule has 0 saturated carbocycles. The van der Waals surface area contributed by atoms with Crippen LogP contribution < -0.4 is 4.74 Å². The monoisotopic (exact) mass is 216 g/mol. The smallest absolute Gasteiger partial charge is 0.253 e. The van der Waals surface area contributed by atoms with Gasteiger partial charge < -0.3 is 4.74 Å². The van der Waals surface area contributed by atoms with Gasteiger partial charge in [0.25, 0.3) is 5.24 Å². The summed E-state index contributed by atoms with van der Waals surface area (Å²) in [6.45, 7) is 0. The van der Waals surface area contributed by atoms with Gasteiger partial charge in [-0.1, -0.05) is 0 Å². The highest BCUT2D eigenvalue weighted by atomic mass is 35.5. The topological polar surface area (TPSA) is 43.4 Å². The number of aldehydes is 1. The van der Waals surface area contributed by atoms with E-state index in [1.165, 1.54) is 7.11 Å². The Morgan fingerprint density at radius 3 is 2.64 bits per heavy atom. The van der Waals surface area contributed by atoms with Crippen molar-refractivity contribution in [1.82, 2.24) is 0 Å². The first kappa shape index (κ1) is 10.7. The van der Waals surface area contributed by atoms with Crippen molar-refractivity contribution < 1.29 is 18.7 Å². The quantitative estimate of drug-likeness (QED) is 0.574. The molecule has 1 aromatic rings. The Hall–Kier alpha value is -1.42. The zero-order valence-electron chi connectivity index (χ0n) is 7.21. The molecular weight excluding hydrogens is 211 g/mol. The number of carbonyl (C=O) groups excluding carboxylic acids is 2. The summed E-state index contributed by atoms with van der Waals surface area (Å²) in [5, 5.41) is -0.881. The summed E-state index contributed by atoms with van der Waals surface area (Å²) in [5.74, 6) is -0.837. The molecule has 0 unspecified atom stereocenters. The molecule has 74 valence electrons. The Morgan fingerprint density at radius 1 is 1.57 bits per heavy atom. The molecule has 0 aliphatic carbocycles. The maximum atomic E-state index is 13.1. The van der Waals surface area contributed by atoms with E-state index in [2.05, 4.69) is 4.74 Å². The normalized spacial score (nSPS) is 9.64. The zero-order valence-corrected chi connectivity index (χ0v) is 7.97. The lowest BCUT2D eigenvalue weighted by Crippen LogP contribution is -2.00. The molecule has 5 heteroatoms. The van der Waals surface area contributed by atoms with Gasteiger partial charge in [0.1, 0.15) is 0 Å². The molecule has 1 rings (SSSR count). The van der Waals surface area contributed by atoms with E-state index in [0.717, 1.165) is 12.1 Å². The van der Waals surface area contributed by atoms with Crippen molar-refractivity contribution in [2.75, 3.05) is 7.11 Å². The lowest BCUT2D eigenvalue weighted by atomic mass is 10.1. The van der Waals surface area contributed by atoms with Crippen LogP contribution in [-0.2, 0) is 0 Å². The van der Waals surface area contributed by atoms with Gasteiger partial charge in [0.2, 0.25) is 0 Å². The van der Waals surface area contributed by atoms with Crippen LogP contribution in [0.15, 0.2) is 12.1 Å². The standard InChI is InChI=1S/C9H6ClFO3/c1-14-8-2-5(4-12)6(9(10)13)3-7(8)11/h2-4H,1H3. The molecule has 0 aliphatic heterocycles. The van der Waals surface area contributed by atoms with Crippen LogP contribution in [0.2, 0.25) is 0 Å². The van der Waals surface area contributed by atoms with Crippen LogP contribution in [0.25, 0.3) is 0 Å². The Kier molecular flexibility index (Phi) is 3.19. The van der Waals surface area contributed by atoms with Gasteiger partial charge in [-0.25, -0.2) is 4.39 Å². The van der Waals surface area contributed by atoms with E-state index in [1.807, 2.05) is 0 Å². The summed E-state index contributed by atoms with van der Waals surface area (Å²) in [5.41, 5.74) is -0.164. The molecule has 0 amide bonds. The largest absolute Gasteiger partial charge is 0.494 e. The molecule has 0 aliphatic rings. The van der Waals surface area contributed by atoms with Crippen LogP contribution in [0.1, 0.15) is 20.7 Å². The first-order valence-electron chi connectivity index (χ1n) is 3.62. The van der Waals surface area contributed by atoms with E-state index < -0.39 is 11.1 Å². The van der Waals surface area contributed by atoms with E-state index in [4.69, 9.17) is 11.6 Å². The Bertz CT molecular complexity index is 390. The first-order chi connectivity index (χ1) is 6.60. The second-order valence-electron chi connectivity index (χ2n) is 2.47. The molecule has 0 radical (unpaired) electrons. The Balaban J connectivity index is 3.38. The van der Waals surface area contributed by atoms with Crippen LogP contribution in [0.4, 0.5) is 4.39 Å². The molecule has 1 aromatic carbocycles. The van der Waals surface area contributed by atoms with E-state index in [-0.39, 0.29) is 16.9 Å². The first-order valence-corrected chi connectivity index (χ1v) is 4.00. The fourth-order valence-electron chi connectivity index (χ4n) is 0.993. The van der Waals surface area contributed by atoms with Gasteiger partial charge in [-0.05, 0) is 23.7 Å². The van der Waals surface area contributed by atoms with Gasteiger partial charge in [-0.2, -0.15) is 0 Å². The van der Waals surface area contributed by atoms with Crippen molar-refractivity contribution in [3.8, 4) is 5.75 Å². The highest BCUT2D eigenvalue weighted by Crippen LogP contribution is 2.22. The molecule has 14 heavy (non-hydrogen) atoms. The lowest BCUT2D eigenvalue weighted by molar-refractivity contribution is 0.106. The fraction of sp³-hybridized carbons (Fsp3) is 0.111. The molecular formula is C9H6ClFO3. The van der Waals surface area contributed by atoms with E-state index in [0.29, 0.717) is 6.29 Å². The third-order valence-electron chi connectivity index (χ3n) is 1.66. The van der Waals surface area contributed by atoms with Crippen LogP contribution in [0, 0.1) is 5.82 Å². The molecule has 0 fully saturated rings. The molecule has 0 saturated heterocycles. The van der Waals surface area contributed by atoms with E-state index in [1.54, 1.807) is 0 Å². The fourth-order valence-corrected chi connectivity index (χ4v) is 1.16. The summed E-state index contributed by atoms with van der Waals surface area (Å²) < 4.78 is 17.7. The molecule has 0 spiro atoms. The third kappa shape index (κ3) is 1.90. The van der Waals surface area contributed by atoms with Gasteiger partial charge in [0, 0.05) is 11.1 Å². The molecule has 0 N–H and O–H groups in total. The van der Waals surface area contributed by atoms with Gasteiger partial charge in [-0.15, -0.1) is 0 Å². The number of ether oxygens (including phenoxy) is 1. The number of halogens is 2. The molecule has 0 heterocycles. The van der Waals surface area contributed by atoms with Gasteiger partial charge in [0.15, 0.2) is 17.9 Å². The van der Waals surface area contributed by atoms with Crippen molar-refractivity contribution in [1.29, 1.82) is 0 Å². The van der Waals surface area contributed by atoms with Crippen LogP contribution in [-0.4, -0.2) is 18.6 Å². The lowest BCUT2D eigenvalue weighted by Gasteiger charge is -2.04. The average Bonchev–Trinajstić information content (AvgIpc) is 2.17. The predicted molar refractivity (Wildman–Crippen MR) is 48.5 cm³/mol. The molecule has 0 aromatic heterocycles. The average molecular weight is 217 g/mol. The van der Waals surface area contributed by atoms with Crippen molar-refractivity contribution in [2.45, 2.75) is 0 Å². The number of hydrogen-bond donors (Lipinski definition) is 0. The van der Waals surface area contributed by atoms with Gasteiger partial charge in [0.05, 0.1) is 7.11 Å². The summed E-state index contributed by atoms with van der Waals surface area (Å²) in [6, 6.07) is 2.00. The summed E-state index contributed by atoms with van der Waals surface area (Å²) in [7, 11) is 1.26. The van der Waals surface area contributed by atoms with E-state index >= 15 is 0 Å². The maximum absolute atomic E-state index is 13.1. The maximum Gasteiger partial charge on any atom is 0.253 e. The van der Waals surface area contributed by atoms with Crippen LogP contribution >= 0.6 is 11.6 Å². The number of hydrogen-bond acceptors (Lipinski definition) is 3. The molecule has 3 nitrogen and oxygen atoms in total. The minimum Gasteiger partial charge on any atom is -0.494 e. The summed E-state index contributed by atoms with van der Waals surface area (Å²) in [6.07, 6.45) is 0.414. The molecule has 0 atom stereocenters. The summed E-state index contributed by atoms with van der Waals surface area (Å²) in [4.78, 5) is 21.3. The summed E-state index contributed by atoms with van der Waals surface area (Å²) >= 11 is 5.15. The number of methoxy groups -OCH3 is 1. The van der Waals surface area contributed by atoms with Gasteiger partial charge >= 0.3 is 0 Å².